The number of hydrogen-bond donors (Lipinski definition) is 1. The predicted octanol–water partition coefficient (Wildman–Crippen LogP) is 5.44. The molecular formula is C25H41N3O2. The van der Waals surface area contributed by atoms with Gasteiger partial charge in [0.25, 0.3) is 0 Å². The van der Waals surface area contributed by atoms with E-state index in [9.17, 15) is 9.59 Å². The van der Waals surface area contributed by atoms with Crippen molar-refractivity contribution in [3.63, 3.8) is 0 Å². The lowest BCUT2D eigenvalue weighted by Gasteiger charge is -2.37. The summed E-state index contributed by atoms with van der Waals surface area (Å²) in [4.78, 5) is 29.9. The van der Waals surface area contributed by atoms with Gasteiger partial charge >= 0.3 is 0 Å². The van der Waals surface area contributed by atoms with Crippen LogP contribution in [0.15, 0.2) is 18.2 Å². The Morgan fingerprint density at radius 1 is 1.07 bits per heavy atom. The van der Waals surface area contributed by atoms with Gasteiger partial charge in [-0.25, -0.2) is 0 Å². The summed E-state index contributed by atoms with van der Waals surface area (Å²) in [5, 5.41) is 3.01. The number of nitrogens with zero attached hydrogens (tertiary/aromatic N) is 2. The standard InChI is InChI=1S/C25H41N3O2/c1-7-19(8-2)25(30)28(22-12-10-9-11-13-22)17-20-16-21(26-24(29)18(3)4)14-15-23(20)27(5)6/h14-16,18-19,22H,7-13,17H2,1-6H3,(H,26,29). The zero-order valence-electron chi connectivity index (χ0n) is 19.8. The number of carbonyl (C=O) groups is 2. The smallest absolute Gasteiger partial charge is 0.226 e. The van der Waals surface area contributed by atoms with Crippen molar-refractivity contribution in [2.75, 3.05) is 24.3 Å². The molecule has 1 N–H and O–H groups in total. The minimum absolute atomic E-state index is 0.01000. The molecule has 5 heteroatoms. The van der Waals surface area contributed by atoms with Crippen LogP contribution in [0.1, 0.15) is 78.2 Å². The highest BCUT2D eigenvalue weighted by atomic mass is 16.2. The van der Waals surface area contributed by atoms with Gasteiger partial charge in [-0.05, 0) is 49.4 Å². The van der Waals surface area contributed by atoms with Gasteiger partial charge in [-0.3, -0.25) is 9.59 Å². The second-order valence-electron chi connectivity index (χ2n) is 9.15. The van der Waals surface area contributed by atoms with Crippen molar-refractivity contribution < 1.29 is 9.59 Å². The van der Waals surface area contributed by atoms with Gasteiger partial charge in [-0.1, -0.05) is 47.0 Å². The van der Waals surface area contributed by atoms with Crippen LogP contribution in [-0.4, -0.2) is 36.9 Å². The lowest BCUT2D eigenvalue weighted by atomic mass is 9.91. The molecule has 0 unspecified atom stereocenters. The normalized spacial score (nSPS) is 14.8. The Morgan fingerprint density at radius 2 is 1.70 bits per heavy atom. The number of carbonyl (C=O) groups excluding carboxylic acids is 2. The van der Waals surface area contributed by atoms with Crippen molar-refractivity contribution >= 4 is 23.2 Å². The summed E-state index contributed by atoms with van der Waals surface area (Å²) in [6.07, 6.45) is 7.60. The third-order valence-corrected chi connectivity index (χ3v) is 6.33. The fraction of sp³-hybridized carbons (Fsp3) is 0.680. The molecule has 1 aromatic carbocycles. The minimum Gasteiger partial charge on any atom is -0.377 e. The maximum Gasteiger partial charge on any atom is 0.226 e. The Balaban J connectivity index is 2.37. The zero-order valence-corrected chi connectivity index (χ0v) is 19.8. The van der Waals surface area contributed by atoms with Crippen LogP contribution in [0.3, 0.4) is 0 Å². The Bertz CT molecular complexity index is 704. The summed E-state index contributed by atoms with van der Waals surface area (Å²) in [5.41, 5.74) is 2.98. The molecule has 1 aliphatic rings. The number of hydrogen-bond acceptors (Lipinski definition) is 3. The summed E-state index contributed by atoms with van der Waals surface area (Å²) in [6.45, 7) is 8.60. The minimum atomic E-state index is -0.0721. The summed E-state index contributed by atoms with van der Waals surface area (Å²) >= 11 is 0. The van der Waals surface area contributed by atoms with Gasteiger partial charge in [0.2, 0.25) is 11.8 Å². The molecule has 1 saturated carbocycles. The Morgan fingerprint density at radius 3 is 2.23 bits per heavy atom. The molecular weight excluding hydrogens is 374 g/mol. The van der Waals surface area contributed by atoms with E-state index in [0.29, 0.717) is 12.6 Å². The van der Waals surface area contributed by atoms with Crippen molar-refractivity contribution in [2.45, 2.75) is 85.2 Å². The number of anilines is 2. The maximum atomic E-state index is 13.5. The first kappa shape index (κ1) is 24.2. The first-order chi connectivity index (χ1) is 14.3. The topological polar surface area (TPSA) is 52.7 Å². The van der Waals surface area contributed by atoms with Crippen molar-refractivity contribution in [1.29, 1.82) is 0 Å². The first-order valence-corrected chi connectivity index (χ1v) is 11.7. The fourth-order valence-corrected chi connectivity index (χ4v) is 4.35. The lowest BCUT2D eigenvalue weighted by Crippen LogP contribution is -2.44. The van der Waals surface area contributed by atoms with Crippen LogP contribution in [-0.2, 0) is 16.1 Å². The second kappa shape index (κ2) is 11.4. The van der Waals surface area contributed by atoms with Crippen LogP contribution in [0.25, 0.3) is 0 Å². The van der Waals surface area contributed by atoms with E-state index in [2.05, 4.69) is 29.0 Å². The van der Waals surface area contributed by atoms with Crippen LogP contribution in [0.5, 0.6) is 0 Å². The SMILES string of the molecule is CCC(CC)C(=O)N(Cc1cc(NC(=O)C(C)C)ccc1N(C)C)C1CCCCC1. The van der Waals surface area contributed by atoms with E-state index in [1.54, 1.807) is 0 Å². The molecule has 0 aliphatic heterocycles. The molecule has 0 spiro atoms. The van der Waals surface area contributed by atoms with Gasteiger partial charge in [-0.2, -0.15) is 0 Å². The molecule has 5 nitrogen and oxygen atoms in total. The summed E-state index contributed by atoms with van der Waals surface area (Å²) in [6, 6.07) is 6.36. The van der Waals surface area contributed by atoms with Crippen LogP contribution >= 0.6 is 0 Å². The van der Waals surface area contributed by atoms with Crippen LogP contribution in [0.4, 0.5) is 11.4 Å². The Hall–Kier alpha value is -2.04. The van der Waals surface area contributed by atoms with E-state index in [4.69, 9.17) is 0 Å². The third-order valence-electron chi connectivity index (χ3n) is 6.33. The fourth-order valence-electron chi connectivity index (χ4n) is 4.35. The van der Waals surface area contributed by atoms with Gasteiger partial charge < -0.3 is 15.1 Å². The lowest BCUT2D eigenvalue weighted by molar-refractivity contribution is -0.139. The van der Waals surface area contributed by atoms with Crippen molar-refractivity contribution in [1.82, 2.24) is 4.90 Å². The second-order valence-corrected chi connectivity index (χ2v) is 9.15. The Kier molecular flexibility index (Phi) is 9.19. The summed E-state index contributed by atoms with van der Waals surface area (Å²) in [7, 11) is 4.05. The van der Waals surface area contributed by atoms with Crippen molar-refractivity contribution in [3.8, 4) is 0 Å². The number of amides is 2. The molecule has 1 aromatic rings. The first-order valence-electron chi connectivity index (χ1n) is 11.7. The average Bonchev–Trinajstić information content (AvgIpc) is 2.73. The summed E-state index contributed by atoms with van der Waals surface area (Å²) < 4.78 is 0. The zero-order chi connectivity index (χ0) is 22.3. The van der Waals surface area contributed by atoms with E-state index in [1.807, 2.05) is 46.1 Å². The summed E-state index contributed by atoms with van der Waals surface area (Å²) in [5.74, 6) is 0.305. The maximum absolute atomic E-state index is 13.5. The molecule has 0 heterocycles. The van der Waals surface area contributed by atoms with E-state index in [0.717, 1.165) is 42.6 Å². The van der Waals surface area contributed by atoms with E-state index in [1.165, 1.54) is 19.3 Å². The molecule has 0 bridgehead atoms. The number of rotatable bonds is 9. The van der Waals surface area contributed by atoms with Gasteiger partial charge in [0, 0.05) is 49.9 Å². The largest absolute Gasteiger partial charge is 0.377 e. The molecule has 0 saturated heterocycles. The Labute approximate surface area is 183 Å². The van der Waals surface area contributed by atoms with Crippen molar-refractivity contribution in [3.05, 3.63) is 23.8 Å². The van der Waals surface area contributed by atoms with Crippen molar-refractivity contribution in [2.24, 2.45) is 11.8 Å². The quantitative estimate of drug-likeness (QED) is 0.584. The number of nitrogens with one attached hydrogen (secondary N) is 1. The molecule has 2 rings (SSSR count). The molecule has 1 aliphatic carbocycles. The molecule has 168 valence electrons. The highest BCUT2D eigenvalue weighted by molar-refractivity contribution is 5.92. The van der Waals surface area contributed by atoms with Crippen LogP contribution in [0.2, 0.25) is 0 Å². The molecule has 30 heavy (non-hydrogen) atoms. The van der Waals surface area contributed by atoms with Crippen LogP contribution in [0, 0.1) is 11.8 Å². The third kappa shape index (κ3) is 6.23. The van der Waals surface area contributed by atoms with E-state index < -0.39 is 0 Å². The average molecular weight is 416 g/mol. The molecule has 0 radical (unpaired) electrons. The highest BCUT2D eigenvalue weighted by Crippen LogP contribution is 2.30. The predicted molar refractivity (Wildman–Crippen MR) is 126 cm³/mol. The molecule has 0 aromatic heterocycles. The van der Waals surface area contributed by atoms with Gasteiger partial charge in [-0.15, -0.1) is 0 Å². The highest BCUT2D eigenvalue weighted by Gasteiger charge is 2.30. The van der Waals surface area contributed by atoms with E-state index >= 15 is 0 Å². The van der Waals surface area contributed by atoms with Gasteiger partial charge in [0.1, 0.15) is 0 Å². The van der Waals surface area contributed by atoms with Gasteiger partial charge in [0.05, 0.1) is 0 Å². The molecule has 2 amide bonds. The number of benzene rings is 1. The molecule has 0 atom stereocenters. The van der Waals surface area contributed by atoms with E-state index in [-0.39, 0.29) is 23.7 Å². The van der Waals surface area contributed by atoms with Gasteiger partial charge in [0.15, 0.2) is 0 Å². The van der Waals surface area contributed by atoms with Crippen LogP contribution < -0.4 is 10.2 Å². The molecule has 1 fully saturated rings. The monoisotopic (exact) mass is 415 g/mol.